The summed E-state index contributed by atoms with van der Waals surface area (Å²) in [6.07, 6.45) is 12.0. The van der Waals surface area contributed by atoms with Gasteiger partial charge >= 0.3 is 0 Å². The number of aliphatic hydroxyl groups is 1. The molecule has 7 heteroatoms. The highest BCUT2D eigenvalue weighted by Gasteiger charge is 2.37. The number of aromatic nitrogens is 2. The Morgan fingerprint density at radius 1 is 1.35 bits per heavy atom. The van der Waals surface area contributed by atoms with Crippen LogP contribution in [0.3, 0.4) is 0 Å². The van der Waals surface area contributed by atoms with Gasteiger partial charge in [0.25, 0.3) is 5.91 Å². The van der Waals surface area contributed by atoms with Crippen LogP contribution in [0.1, 0.15) is 23.2 Å². The van der Waals surface area contributed by atoms with Gasteiger partial charge in [0.05, 0.1) is 12.2 Å². The number of carbonyl (C=O) groups excluding carboxylic acids is 1. The maximum absolute atomic E-state index is 12.6. The van der Waals surface area contributed by atoms with Crippen LogP contribution in [-0.2, 0) is 0 Å². The minimum atomic E-state index is -0.0894. The van der Waals surface area contributed by atoms with E-state index in [0.717, 1.165) is 6.42 Å². The molecular formula is C16H22ClN3O2S. The van der Waals surface area contributed by atoms with Crippen molar-refractivity contribution in [2.45, 2.75) is 18.0 Å². The summed E-state index contributed by atoms with van der Waals surface area (Å²) in [4.78, 5) is 22.7. The van der Waals surface area contributed by atoms with Crippen LogP contribution in [-0.4, -0.2) is 51.8 Å². The molecule has 126 valence electrons. The third kappa shape index (κ3) is 4.05. The normalized spacial score (nSPS) is 24.5. The first-order valence-corrected chi connectivity index (χ1v) is 8.88. The Labute approximate surface area is 147 Å². The number of hydrogen-bond donors (Lipinski definition) is 1. The number of halogens is 1. The van der Waals surface area contributed by atoms with Gasteiger partial charge in [-0.3, -0.25) is 4.79 Å². The van der Waals surface area contributed by atoms with E-state index in [1.165, 1.54) is 18.2 Å². The van der Waals surface area contributed by atoms with Crippen LogP contribution in [0.15, 0.2) is 29.7 Å². The molecule has 3 rings (SSSR count). The number of amides is 1. The van der Waals surface area contributed by atoms with Crippen LogP contribution in [0.4, 0.5) is 0 Å². The van der Waals surface area contributed by atoms with E-state index >= 15 is 0 Å². The monoisotopic (exact) mass is 355 g/mol. The summed E-state index contributed by atoms with van der Waals surface area (Å²) in [5, 5.41) is 9.93. The van der Waals surface area contributed by atoms with E-state index in [4.69, 9.17) is 0 Å². The predicted molar refractivity (Wildman–Crippen MR) is 92.9 cm³/mol. The number of hydrogen-bond acceptors (Lipinski definition) is 5. The fourth-order valence-corrected chi connectivity index (χ4v) is 3.81. The predicted octanol–water partition coefficient (Wildman–Crippen LogP) is 2.27. The van der Waals surface area contributed by atoms with E-state index < -0.39 is 0 Å². The summed E-state index contributed by atoms with van der Waals surface area (Å²) in [5.41, 5.74) is 0.491. The molecule has 3 unspecified atom stereocenters. The van der Waals surface area contributed by atoms with Crippen LogP contribution in [0.2, 0.25) is 0 Å². The van der Waals surface area contributed by atoms with Crippen molar-refractivity contribution in [3.05, 3.63) is 30.1 Å². The SMILES string of the molecule is CSc1ncc(C(=O)N(CCO)CC2CC3C=CC2C3)cn1.Cl. The molecule has 1 fully saturated rings. The zero-order chi connectivity index (χ0) is 15.5. The van der Waals surface area contributed by atoms with Gasteiger partial charge < -0.3 is 10.0 Å². The second-order valence-electron chi connectivity index (χ2n) is 5.97. The average Bonchev–Trinajstić information content (AvgIpc) is 3.17. The van der Waals surface area contributed by atoms with Gasteiger partial charge in [0, 0.05) is 25.5 Å². The molecule has 5 nitrogen and oxygen atoms in total. The van der Waals surface area contributed by atoms with Crippen molar-refractivity contribution in [3.63, 3.8) is 0 Å². The first-order valence-electron chi connectivity index (χ1n) is 7.65. The molecule has 0 aliphatic heterocycles. The molecule has 1 aromatic rings. The number of fused-ring (bicyclic) bond motifs is 2. The van der Waals surface area contributed by atoms with Crippen molar-refractivity contribution in [1.82, 2.24) is 14.9 Å². The van der Waals surface area contributed by atoms with Crippen LogP contribution in [0.5, 0.6) is 0 Å². The Bertz CT molecular complexity index is 567. The lowest BCUT2D eigenvalue weighted by Crippen LogP contribution is -2.38. The lowest BCUT2D eigenvalue weighted by Gasteiger charge is -2.28. The Morgan fingerprint density at radius 3 is 2.61 bits per heavy atom. The Kier molecular flexibility index (Phi) is 6.44. The molecule has 0 spiro atoms. The molecule has 3 atom stereocenters. The van der Waals surface area contributed by atoms with Crippen molar-refractivity contribution < 1.29 is 9.90 Å². The van der Waals surface area contributed by atoms with Crippen molar-refractivity contribution in [2.75, 3.05) is 26.0 Å². The topological polar surface area (TPSA) is 66.3 Å². The standard InChI is InChI=1S/C16H21N3O2S.ClH/c1-22-16-17-8-14(9-18-16)15(21)19(4-5-20)10-13-7-11-2-3-12(13)6-11;/h2-3,8-9,11-13,20H,4-7,10H2,1H3;1H. The molecule has 2 aliphatic carbocycles. The lowest BCUT2D eigenvalue weighted by molar-refractivity contribution is 0.0680. The van der Waals surface area contributed by atoms with Crippen LogP contribution >= 0.6 is 24.2 Å². The molecule has 2 bridgehead atoms. The average molecular weight is 356 g/mol. The van der Waals surface area contributed by atoms with E-state index in [1.54, 1.807) is 17.3 Å². The molecule has 0 radical (unpaired) electrons. The largest absolute Gasteiger partial charge is 0.395 e. The maximum atomic E-state index is 12.6. The molecule has 2 aliphatic rings. The highest BCUT2D eigenvalue weighted by Crippen LogP contribution is 2.43. The van der Waals surface area contributed by atoms with Crippen LogP contribution < -0.4 is 0 Å². The van der Waals surface area contributed by atoms with E-state index in [9.17, 15) is 9.90 Å². The molecule has 23 heavy (non-hydrogen) atoms. The van der Waals surface area contributed by atoms with Gasteiger partial charge in [-0.25, -0.2) is 9.97 Å². The van der Waals surface area contributed by atoms with Crippen LogP contribution in [0.25, 0.3) is 0 Å². The van der Waals surface area contributed by atoms with Gasteiger partial charge in [-0.05, 0) is 36.9 Å². The van der Waals surface area contributed by atoms with Gasteiger partial charge in [0.1, 0.15) is 0 Å². The van der Waals surface area contributed by atoms with E-state index in [1.807, 2.05) is 6.26 Å². The summed E-state index contributed by atoms with van der Waals surface area (Å²) in [6, 6.07) is 0. The highest BCUT2D eigenvalue weighted by molar-refractivity contribution is 7.98. The number of aliphatic hydroxyl groups excluding tert-OH is 1. The van der Waals surface area contributed by atoms with Gasteiger partial charge in [0.2, 0.25) is 0 Å². The Balaban J connectivity index is 0.00000192. The first-order chi connectivity index (χ1) is 10.7. The van der Waals surface area contributed by atoms with Crippen molar-refractivity contribution in [3.8, 4) is 0 Å². The third-order valence-electron chi connectivity index (χ3n) is 4.59. The van der Waals surface area contributed by atoms with E-state index in [0.29, 0.717) is 41.6 Å². The van der Waals surface area contributed by atoms with Crippen molar-refractivity contribution in [2.24, 2.45) is 17.8 Å². The molecule has 1 amide bonds. The molecule has 1 heterocycles. The molecular weight excluding hydrogens is 334 g/mol. The first kappa shape index (κ1) is 18.2. The summed E-state index contributed by atoms with van der Waals surface area (Å²) >= 11 is 1.45. The molecule has 1 aromatic heterocycles. The van der Waals surface area contributed by atoms with Gasteiger partial charge in [0.15, 0.2) is 5.16 Å². The summed E-state index contributed by atoms with van der Waals surface area (Å²) in [7, 11) is 0. The summed E-state index contributed by atoms with van der Waals surface area (Å²) < 4.78 is 0. The quantitative estimate of drug-likeness (QED) is 0.481. The maximum Gasteiger partial charge on any atom is 0.257 e. The number of nitrogens with zero attached hydrogens (tertiary/aromatic N) is 3. The van der Waals surface area contributed by atoms with Gasteiger partial charge in [-0.2, -0.15) is 0 Å². The molecule has 1 N–H and O–H groups in total. The number of carbonyl (C=O) groups is 1. The third-order valence-corrected chi connectivity index (χ3v) is 5.16. The van der Waals surface area contributed by atoms with Gasteiger partial charge in [-0.1, -0.05) is 23.9 Å². The Morgan fingerprint density at radius 2 is 2.09 bits per heavy atom. The minimum Gasteiger partial charge on any atom is -0.395 e. The molecule has 0 saturated heterocycles. The smallest absolute Gasteiger partial charge is 0.257 e. The van der Waals surface area contributed by atoms with Crippen LogP contribution in [0, 0.1) is 17.8 Å². The number of rotatable bonds is 6. The fourth-order valence-electron chi connectivity index (χ4n) is 3.50. The summed E-state index contributed by atoms with van der Waals surface area (Å²) in [6.45, 7) is 1.04. The van der Waals surface area contributed by atoms with E-state index in [-0.39, 0.29) is 24.9 Å². The molecule has 1 saturated carbocycles. The Hall–Kier alpha value is -1.11. The van der Waals surface area contributed by atoms with E-state index in [2.05, 4.69) is 22.1 Å². The highest BCUT2D eigenvalue weighted by atomic mass is 35.5. The van der Waals surface area contributed by atoms with Crippen molar-refractivity contribution in [1.29, 1.82) is 0 Å². The van der Waals surface area contributed by atoms with Crippen molar-refractivity contribution >= 4 is 30.1 Å². The molecule has 0 aromatic carbocycles. The minimum absolute atomic E-state index is 0. The second kappa shape index (κ2) is 8.13. The number of allylic oxidation sites excluding steroid dienone is 2. The zero-order valence-electron chi connectivity index (χ0n) is 13.1. The fraction of sp³-hybridized carbons (Fsp3) is 0.562. The van der Waals surface area contributed by atoms with Gasteiger partial charge in [-0.15, -0.1) is 12.4 Å². The number of thioether (sulfide) groups is 1. The second-order valence-corrected chi connectivity index (χ2v) is 6.75. The summed E-state index contributed by atoms with van der Waals surface area (Å²) in [5.74, 6) is 1.70. The lowest BCUT2D eigenvalue weighted by atomic mass is 9.93. The zero-order valence-corrected chi connectivity index (χ0v) is 14.7.